The lowest BCUT2D eigenvalue weighted by atomic mass is 9.93. The third-order valence-electron chi connectivity index (χ3n) is 4.40. The minimum Gasteiger partial charge on any atom is -0.375 e. The Bertz CT molecular complexity index is 368. The van der Waals surface area contributed by atoms with Crippen molar-refractivity contribution in [3.8, 4) is 0 Å². The summed E-state index contributed by atoms with van der Waals surface area (Å²) in [6.45, 7) is 4.73. The summed E-state index contributed by atoms with van der Waals surface area (Å²) in [5, 5.41) is 2.78. The van der Waals surface area contributed by atoms with E-state index in [4.69, 9.17) is 4.74 Å². The topological polar surface area (TPSA) is 41.6 Å². The molecule has 1 N–H and O–H groups in total. The number of morpholine rings is 1. The van der Waals surface area contributed by atoms with Crippen LogP contribution in [0.4, 0.5) is 13.2 Å². The minimum absolute atomic E-state index is 0.0175. The number of ether oxygens (including phenoxy) is 1. The zero-order chi connectivity index (χ0) is 15.6. The van der Waals surface area contributed by atoms with Crippen LogP contribution in [0.3, 0.4) is 0 Å². The summed E-state index contributed by atoms with van der Waals surface area (Å²) in [6, 6.07) is -0.473. The van der Waals surface area contributed by atoms with Gasteiger partial charge in [-0.15, -0.1) is 0 Å². The SMILES string of the molecule is CCC1COC(C)CN1C(=O)C1CCC(C(F)(F)F)CN1. The summed E-state index contributed by atoms with van der Waals surface area (Å²) in [4.78, 5) is 14.3. The molecule has 0 bridgehead atoms. The molecule has 2 aliphatic rings. The first kappa shape index (κ1) is 16.5. The van der Waals surface area contributed by atoms with E-state index in [0.29, 0.717) is 13.2 Å². The van der Waals surface area contributed by atoms with E-state index in [-0.39, 0.29) is 37.4 Å². The van der Waals surface area contributed by atoms with Gasteiger partial charge in [-0.05, 0) is 26.2 Å². The van der Waals surface area contributed by atoms with Gasteiger partial charge in [0.1, 0.15) is 0 Å². The van der Waals surface area contributed by atoms with Crippen LogP contribution in [0.1, 0.15) is 33.1 Å². The van der Waals surface area contributed by atoms with E-state index >= 15 is 0 Å². The van der Waals surface area contributed by atoms with Crippen LogP contribution >= 0.6 is 0 Å². The van der Waals surface area contributed by atoms with Crippen LogP contribution in [0.15, 0.2) is 0 Å². The van der Waals surface area contributed by atoms with Gasteiger partial charge in [-0.2, -0.15) is 13.2 Å². The molecule has 7 heteroatoms. The molecule has 4 unspecified atom stereocenters. The van der Waals surface area contributed by atoms with Gasteiger partial charge < -0.3 is 15.0 Å². The molecular formula is C14H23F3N2O2. The van der Waals surface area contributed by atoms with Crippen LogP contribution in [0.2, 0.25) is 0 Å². The Hall–Kier alpha value is -0.820. The van der Waals surface area contributed by atoms with Gasteiger partial charge in [-0.3, -0.25) is 4.79 Å². The van der Waals surface area contributed by atoms with Crippen molar-refractivity contribution in [1.29, 1.82) is 0 Å². The Kier molecular flexibility index (Phi) is 5.14. The van der Waals surface area contributed by atoms with Gasteiger partial charge in [-0.25, -0.2) is 0 Å². The number of piperidine rings is 1. The summed E-state index contributed by atoms with van der Waals surface area (Å²) in [5.41, 5.74) is 0. The highest BCUT2D eigenvalue weighted by molar-refractivity contribution is 5.82. The number of nitrogens with zero attached hydrogens (tertiary/aromatic N) is 1. The first-order chi connectivity index (χ1) is 9.82. The number of hydrogen-bond donors (Lipinski definition) is 1. The van der Waals surface area contributed by atoms with Crippen LogP contribution in [0.5, 0.6) is 0 Å². The van der Waals surface area contributed by atoms with Crippen molar-refractivity contribution in [1.82, 2.24) is 10.2 Å². The monoisotopic (exact) mass is 308 g/mol. The molecule has 2 rings (SSSR count). The normalized spacial score (nSPS) is 34.8. The Labute approximate surface area is 123 Å². The van der Waals surface area contributed by atoms with Crippen molar-refractivity contribution in [2.45, 2.75) is 57.5 Å². The van der Waals surface area contributed by atoms with Gasteiger partial charge in [0.2, 0.25) is 5.91 Å². The Morgan fingerprint density at radius 1 is 1.38 bits per heavy atom. The first-order valence-electron chi connectivity index (χ1n) is 7.55. The molecule has 4 nitrogen and oxygen atoms in total. The third kappa shape index (κ3) is 3.88. The van der Waals surface area contributed by atoms with Crippen molar-refractivity contribution in [2.75, 3.05) is 19.7 Å². The fourth-order valence-corrected chi connectivity index (χ4v) is 3.00. The Morgan fingerprint density at radius 2 is 2.10 bits per heavy atom. The van der Waals surface area contributed by atoms with Gasteiger partial charge in [-0.1, -0.05) is 6.92 Å². The molecule has 0 aromatic rings. The average molecular weight is 308 g/mol. The lowest BCUT2D eigenvalue weighted by molar-refractivity contribution is -0.181. The lowest BCUT2D eigenvalue weighted by Gasteiger charge is -2.41. The fourth-order valence-electron chi connectivity index (χ4n) is 3.00. The van der Waals surface area contributed by atoms with E-state index in [0.717, 1.165) is 6.42 Å². The van der Waals surface area contributed by atoms with E-state index in [1.807, 2.05) is 13.8 Å². The molecule has 2 fully saturated rings. The number of amides is 1. The predicted octanol–water partition coefficient (Wildman–Crippen LogP) is 1.94. The van der Waals surface area contributed by atoms with Gasteiger partial charge >= 0.3 is 6.18 Å². The number of hydrogen-bond acceptors (Lipinski definition) is 3. The standard InChI is InChI=1S/C14H23F3N2O2/c1-3-11-8-21-9(2)7-19(11)13(20)12-5-4-10(6-18-12)14(15,16)17/h9-12,18H,3-8H2,1-2H3. The molecule has 0 aliphatic carbocycles. The van der Waals surface area contributed by atoms with Gasteiger partial charge in [0.25, 0.3) is 0 Å². The molecule has 1 amide bonds. The number of nitrogens with one attached hydrogen (secondary N) is 1. The van der Waals surface area contributed by atoms with E-state index in [1.54, 1.807) is 4.90 Å². The largest absolute Gasteiger partial charge is 0.393 e. The minimum atomic E-state index is -4.18. The van der Waals surface area contributed by atoms with Crippen molar-refractivity contribution >= 4 is 5.91 Å². The van der Waals surface area contributed by atoms with Crippen molar-refractivity contribution < 1.29 is 22.7 Å². The van der Waals surface area contributed by atoms with Crippen LogP contribution in [0, 0.1) is 5.92 Å². The van der Waals surface area contributed by atoms with Crippen molar-refractivity contribution in [2.24, 2.45) is 5.92 Å². The maximum Gasteiger partial charge on any atom is 0.393 e. The number of rotatable bonds is 2. The molecule has 2 heterocycles. The summed E-state index contributed by atoms with van der Waals surface area (Å²) in [5.74, 6) is -1.43. The van der Waals surface area contributed by atoms with E-state index < -0.39 is 18.1 Å². The zero-order valence-corrected chi connectivity index (χ0v) is 12.4. The van der Waals surface area contributed by atoms with Gasteiger partial charge in [0.15, 0.2) is 0 Å². The summed E-state index contributed by atoms with van der Waals surface area (Å²) in [7, 11) is 0. The second-order valence-electron chi connectivity index (χ2n) is 5.97. The molecule has 21 heavy (non-hydrogen) atoms. The van der Waals surface area contributed by atoms with E-state index in [1.165, 1.54) is 0 Å². The highest BCUT2D eigenvalue weighted by Gasteiger charge is 2.43. The molecule has 4 atom stereocenters. The molecule has 0 aromatic carbocycles. The van der Waals surface area contributed by atoms with E-state index in [9.17, 15) is 18.0 Å². The highest BCUT2D eigenvalue weighted by Crippen LogP contribution is 2.32. The molecule has 2 aliphatic heterocycles. The van der Waals surface area contributed by atoms with Gasteiger partial charge in [0, 0.05) is 13.1 Å². The fraction of sp³-hybridized carbons (Fsp3) is 0.929. The molecule has 0 aromatic heterocycles. The maximum absolute atomic E-state index is 12.6. The van der Waals surface area contributed by atoms with Crippen molar-refractivity contribution in [3.63, 3.8) is 0 Å². The summed E-state index contributed by atoms with van der Waals surface area (Å²) in [6.07, 6.45) is -3.16. The zero-order valence-electron chi connectivity index (χ0n) is 12.4. The lowest BCUT2D eigenvalue weighted by Crippen LogP contribution is -2.58. The number of carbonyl (C=O) groups excluding carboxylic acids is 1. The van der Waals surface area contributed by atoms with Crippen molar-refractivity contribution in [3.05, 3.63) is 0 Å². The Balaban J connectivity index is 1.94. The second-order valence-corrected chi connectivity index (χ2v) is 5.97. The quantitative estimate of drug-likeness (QED) is 0.848. The average Bonchev–Trinajstić information content (AvgIpc) is 2.45. The van der Waals surface area contributed by atoms with Gasteiger partial charge in [0.05, 0.1) is 30.7 Å². The van der Waals surface area contributed by atoms with Crippen LogP contribution in [0.25, 0.3) is 0 Å². The highest BCUT2D eigenvalue weighted by atomic mass is 19.4. The molecule has 0 spiro atoms. The predicted molar refractivity (Wildman–Crippen MR) is 71.8 cm³/mol. The molecule has 0 radical (unpaired) electrons. The van der Waals surface area contributed by atoms with Crippen LogP contribution < -0.4 is 5.32 Å². The summed E-state index contributed by atoms with van der Waals surface area (Å²) < 4.78 is 43.5. The van der Waals surface area contributed by atoms with Crippen LogP contribution in [-0.2, 0) is 9.53 Å². The number of carbonyl (C=O) groups is 1. The van der Waals surface area contributed by atoms with E-state index in [2.05, 4.69) is 5.32 Å². The molecule has 2 saturated heterocycles. The molecular weight excluding hydrogens is 285 g/mol. The summed E-state index contributed by atoms with van der Waals surface area (Å²) >= 11 is 0. The third-order valence-corrected chi connectivity index (χ3v) is 4.40. The molecule has 122 valence electrons. The smallest absolute Gasteiger partial charge is 0.375 e. The number of alkyl halides is 3. The van der Waals surface area contributed by atoms with Crippen LogP contribution in [-0.4, -0.2) is 54.9 Å². The number of halogens is 3. The Morgan fingerprint density at radius 3 is 2.62 bits per heavy atom. The molecule has 0 saturated carbocycles. The first-order valence-corrected chi connectivity index (χ1v) is 7.55. The maximum atomic E-state index is 12.6. The second kappa shape index (κ2) is 6.52.